The molecule has 0 bridgehead atoms. The molecule has 1 aliphatic heterocycles. The van der Waals surface area contributed by atoms with Crippen molar-refractivity contribution in [3.8, 4) is 10.7 Å². The van der Waals surface area contributed by atoms with Gasteiger partial charge in [-0.25, -0.2) is 15.0 Å². The Balaban J connectivity index is 1.30. The molecule has 5 heterocycles. The van der Waals surface area contributed by atoms with Crippen LogP contribution in [-0.2, 0) is 0 Å². The summed E-state index contributed by atoms with van der Waals surface area (Å²) in [5.41, 5.74) is 4.08. The summed E-state index contributed by atoms with van der Waals surface area (Å²) < 4.78 is 1.04. The van der Waals surface area contributed by atoms with Gasteiger partial charge in [-0.1, -0.05) is 6.07 Å². The van der Waals surface area contributed by atoms with Gasteiger partial charge in [-0.05, 0) is 38.4 Å². The third-order valence-corrected chi connectivity index (χ3v) is 7.27. The minimum Gasteiger partial charge on any atom is -0.338 e. The van der Waals surface area contributed by atoms with Crippen molar-refractivity contribution in [3.05, 3.63) is 47.9 Å². The Labute approximate surface area is 196 Å². The van der Waals surface area contributed by atoms with Gasteiger partial charge in [0.25, 0.3) is 0 Å². The van der Waals surface area contributed by atoms with Crippen LogP contribution in [0.15, 0.2) is 36.7 Å². The number of nitrogens with zero attached hydrogens (tertiary/aromatic N) is 7. The first-order valence-electron chi connectivity index (χ1n) is 11.4. The van der Waals surface area contributed by atoms with Gasteiger partial charge in [-0.15, -0.1) is 11.3 Å². The highest BCUT2D eigenvalue weighted by atomic mass is 32.1. The maximum atomic E-state index is 4.90. The number of fused-ring (bicyclic) bond motifs is 1. The normalized spacial score (nSPS) is 17.0. The van der Waals surface area contributed by atoms with E-state index >= 15 is 0 Å². The van der Waals surface area contributed by atoms with Gasteiger partial charge in [0.2, 0.25) is 5.95 Å². The van der Waals surface area contributed by atoms with Gasteiger partial charge in [0.05, 0.1) is 15.9 Å². The highest BCUT2D eigenvalue weighted by molar-refractivity contribution is 7.21. The Morgan fingerprint density at radius 3 is 2.64 bits per heavy atom. The fraction of sp³-hybridized carbons (Fsp3) is 0.375. The minimum absolute atomic E-state index is 0.554. The summed E-state index contributed by atoms with van der Waals surface area (Å²) in [6.07, 6.45) is 6.10. The zero-order chi connectivity index (χ0) is 22.4. The van der Waals surface area contributed by atoms with Crippen molar-refractivity contribution in [2.24, 2.45) is 0 Å². The molecule has 1 N–H and O–H groups in total. The number of hydrogen-bond donors (Lipinski definition) is 1. The number of rotatable bonds is 5. The summed E-state index contributed by atoms with van der Waals surface area (Å²) in [6, 6.07) is 8.07. The molecule has 2 aliphatic rings. The SMILES string of the molecule is Cc1cccnc1-c1nc2cc(Nc3cc(C4CC4)nc(N4CCN(C)CC4)n3)ncc2s1. The lowest BCUT2D eigenvalue weighted by Crippen LogP contribution is -2.45. The third kappa shape index (κ3) is 4.26. The monoisotopic (exact) mass is 458 g/mol. The first kappa shape index (κ1) is 20.4. The van der Waals surface area contributed by atoms with Crippen LogP contribution in [0.3, 0.4) is 0 Å². The van der Waals surface area contributed by atoms with E-state index in [1.807, 2.05) is 24.5 Å². The predicted octanol–water partition coefficient (Wildman–Crippen LogP) is 4.22. The number of hydrogen-bond acceptors (Lipinski definition) is 9. The van der Waals surface area contributed by atoms with Crippen LogP contribution < -0.4 is 10.2 Å². The maximum absolute atomic E-state index is 4.90. The van der Waals surface area contributed by atoms with E-state index in [9.17, 15) is 0 Å². The Morgan fingerprint density at radius 2 is 1.85 bits per heavy atom. The van der Waals surface area contributed by atoms with E-state index in [1.165, 1.54) is 12.8 Å². The summed E-state index contributed by atoms with van der Waals surface area (Å²) in [5, 5.41) is 4.33. The van der Waals surface area contributed by atoms with Crippen LogP contribution in [0.2, 0.25) is 0 Å². The minimum atomic E-state index is 0.554. The Kier molecular flexibility index (Phi) is 5.15. The number of aromatic nitrogens is 5. The largest absolute Gasteiger partial charge is 0.338 e. The first-order valence-corrected chi connectivity index (χ1v) is 12.2. The van der Waals surface area contributed by atoms with Gasteiger partial charge in [0.15, 0.2) is 0 Å². The first-order chi connectivity index (χ1) is 16.1. The number of thiazole rings is 1. The Hall–Kier alpha value is -3.17. The van der Waals surface area contributed by atoms with Crippen LogP contribution in [0.5, 0.6) is 0 Å². The van der Waals surface area contributed by atoms with Crippen LogP contribution in [0.4, 0.5) is 17.6 Å². The van der Waals surface area contributed by atoms with Crippen LogP contribution in [0.25, 0.3) is 20.9 Å². The van der Waals surface area contributed by atoms with Crippen LogP contribution in [0.1, 0.15) is 30.0 Å². The van der Waals surface area contributed by atoms with Crippen LogP contribution in [0, 0.1) is 6.92 Å². The highest BCUT2D eigenvalue weighted by Crippen LogP contribution is 2.40. The number of nitrogens with one attached hydrogen (secondary N) is 1. The number of pyridine rings is 2. The zero-order valence-corrected chi connectivity index (χ0v) is 19.6. The van der Waals surface area contributed by atoms with Gasteiger partial charge in [0, 0.05) is 56.6 Å². The highest BCUT2D eigenvalue weighted by Gasteiger charge is 2.27. The van der Waals surface area contributed by atoms with E-state index in [4.69, 9.17) is 15.0 Å². The summed E-state index contributed by atoms with van der Waals surface area (Å²) >= 11 is 1.62. The second-order valence-electron chi connectivity index (χ2n) is 8.89. The molecule has 0 aromatic carbocycles. The standard InChI is InChI=1S/C24H26N8S/c1-15-4-3-7-25-22(15)23-27-18-13-20(26-14-19(18)33-23)29-21-12-17(16-5-6-16)28-24(30-21)32-10-8-31(2)9-11-32/h3-4,7,12-14,16H,5-6,8-11H2,1-2H3,(H,26,28,29,30). The predicted molar refractivity (Wildman–Crippen MR) is 132 cm³/mol. The Bertz CT molecular complexity index is 1310. The van der Waals surface area contributed by atoms with Crippen molar-refractivity contribution in [2.75, 3.05) is 43.4 Å². The van der Waals surface area contributed by atoms with Gasteiger partial charge in [-0.3, -0.25) is 4.98 Å². The van der Waals surface area contributed by atoms with Gasteiger partial charge < -0.3 is 15.1 Å². The van der Waals surface area contributed by atoms with Crippen molar-refractivity contribution in [2.45, 2.75) is 25.7 Å². The molecule has 0 amide bonds. The summed E-state index contributed by atoms with van der Waals surface area (Å²) in [6.45, 7) is 6.01. The van der Waals surface area contributed by atoms with Crippen LogP contribution >= 0.6 is 11.3 Å². The average Bonchev–Trinajstić information content (AvgIpc) is 3.59. The zero-order valence-electron chi connectivity index (χ0n) is 18.8. The topological polar surface area (TPSA) is 83.0 Å². The van der Waals surface area contributed by atoms with E-state index in [0.29, 0.717) is 5.92 Å². The van der Waals surface area contributed by atoms with Crippen molar-refractivity contribution in [1.29, 1.82) is 0 Å². The van der Waals surface area contributed by atoms with Crippen LogP contribution in [-0.4, -0.2) is 63.0 Å². The van der Waals surface area contributed by atoms with Crippen molar-refractivity contribution in [3.63, 3.8) is 0 Å². The average molecular weight is 459 g/mol. The lowest BCUT2D eigenvalue weighted by Gasteiger charge is -2.32. The molecule has 2 fully saturated rings. The molecule has 4 aromatic rings. The van der Waals surface area contributed by atoms with E-state index in [2.05, 4.69) is 51.2 Å². The molecule has 1 saturated carbocycles. The van der Waals surface area contributed by atoms with E-state index < -0.39 is 0 Å². The summed E-state index contributed by atoms with van der Waals surface area (Å²) in [5.74, 6) is 2.90. The molecule has 33 heavy (non-hydrogen) atoms. The molecule has 6 rings (SSSR count). The molecular formula is C24H26N8S. The third-order valence-electron chi connectivity index (χ3n) is 6.26. The van der Waals surface area contributed by atoms with Gasteiger partial charge >= 0.3 is 0 Å². The fourth-order valence-electron chi connectivity index (χ4n) is 4.10. The quantitative estimate of drug-likeness (QED) is 0.476. The number of piperazine rings is 1. The fourth-order valence-corrected chi connectivity index (χ4v) is 5.08. The molecule has 0 atom stereocenters. The van der Waals surface area contributed by atoms with Crippen molar-refractivity contribution < 1.29 is 0 Å². The smallest absolute Gasteiger partial charge is 0.227 e. The van der Waals surface area contributed by atoms with Gasteiger partial charge in [0.1, 0.15) is 22.3 Å². The van der Waals surface area contributed by atoms with E-state index in [1.54, 1.807) is 11.3 Å². The molecule has 0 spiro atoms. The number of likely N-dealkylation sites (N-methyl/N-ethyl adjacent to an activating group) is 1. The molecule has 0 radical (unpaired) electrons. The lowest BCUT2D eigenvalue weighted by molar-refractivity contribution is 0.311. The molecule has 4 aromatic heterocycles. The van der Waals surface area contributed by atoms with E-state index in [-0.39, 0.29) is 0 Å². The molecule has 1 aliphatic carbocycles. The molecular weight excluding hydrogens is 432 g/mol. The summed E-state index contributed by atoms with van der Waals surface area (Å²) in [7, 11) is 2.16. The second kappa shape index (κ2) is 8.31. The molecule has 8 nitrogen and oxygen atoms in total. The number of anilines is 3. The maximum Gasteiger partial charge on any atom is 0.227 e. The van der Waals surface area contributed by atoms with Crippen molar-refractivity contribution >= 4 is 39.1 Å². The Morgan fingerprint density at radius 1 is 1.00 bits per heavy atom. The molecule has 9 heteroatoms. The lowest BCUT2D eigenvalue weighted by atomic mass is 10.2. The second-order valence-corrected chi connectivity index (χ2v) is 9.92. The molecule has 1 saturated heterocycles. The van der Waals surface area contributed by atoms with Crippen molar-refractivity contribution in [1.82, 2.24) is 29.8 Å². The van der Waals surface area contributed by atoms with Gasteiger partial charge in [-0.2, -0.15) is 4.98 Å². The molecule has 168 valence electrons. The molecule has 0 unspecified atom stereocenters. The summed E-state index contributed by atoms with van der Waals surface area (Å²) in [4.78, 5) is 28.4. The number of aryl methyl sites for hydroxylation is 1. The van der Waals surface area contributed by atoms with E-state index in [0.717, 1.165) is 75.9 Å².